The van der Waals surface area contributed by atoms with Crippen LogP contribution in [0.2, 0.25) is 0 Å². The molecule has 0 spiro atoms. The van der Waals surface area contributed by atoms with Crippen molar-refractivity contribution in [2.45, 2.75) is 105 Å². The van der Waals surface area contributed by atoms with Crippen LogP contribution in [0.3, 0.4) is 0 Å². The second kappa shape index (κ2) is 13.1. The summed E-state index contributed by atoms with van der Waals surface area (Å²) >= 11 is 0. The normalized spacial score (nSPS) is 14.1. The predicted molar refractivity (Wildman–Crippen MR) is 156 cm³/mol. The number of carbonyl (C=O) groups excluding carboxylic acids is 3. The van der Waals surface area contributed by atoms with Crippen molar-refractivity contribution < 1.29 is 19.1 Å². The highest BCUT2D eigenvalue weighted by molar-refractivity contribution is 5.93. The van der Waals surface area contributed by atoms with E-state index in [1.165, 1.54) is 0 Å². The molecule has 0 aliphatic heterocycles. The molecule has 3 atom stereocenters. The number of hydrogen-bond acceptors (Lipinski definition) is 4. The highest BCUT2D eigenvalue weighted by atomic mass is 16.6. The number of carbonyl (C=O) groups is 3. The fourth-order valence-corrected chi connectivity index (χ4v) is 4.58. The minimum absolute atomic E-state index is 0.192. The van der Waals surface area contributed by atoms with Crippen molar-refractivity contribution in [3.8, 4) is 0 Å². The van der Waals surface area contributed by atoms with Crippen molar-refractivity contribution in [1.82, 2.24) is 15.5 Å². The molecule has 7 nitrogen and oxygen atoms in total. The van der Waals surface area contributed by atoms with Crippen LogP contribution in [0.15, 0.2) is 48.5 Å². The van der Waals surface area contributed by atoms with Gasteiger partial charge in [0.2, 0.25) is 11.8 Å². The van der Waals surface area contributed by atoms with E-state index in [1.54, 1.807) is 25.7 Å². The molecule has 0 aliphatic rings. The van der Waals surface area contributed by atoms with E-state index in [1.807, 2.05) is 97.0 Å². The summed E-state index contributed by atoms with van der Waals surface area (Å²) in [4.78, 5) is 42.8. The Hall–Kier alpha value is -3.35. The van der Waals surface area contributed by atoms with Gasteiger partial charge in [-0.1, -0.05) is 79.9 Å². The van der Waals surface area contributed by atoms with E-state index in [4.69, 9.17) is 4.74 Å². The molecule has 2 N–H and O–H groups in total. The van der Waals surface area contributed by atoms with Gasteiger partial charge in [-0.05, 0) is 72.4 Å². The summed E-state index contributed by atoms with van der Waals surface area (Å²) < 4.78 is 5.49. The van der Waals surface area contributed by atoms with Gasteiger partial charge in [0, 0.05) is 12.1 Å². The molecule has 0 aromatic heterocycles. The van der Waals surface area contributed by atoms with E-state index >= 15 is 0 Å². The third kappa shape index (κ3) is 9.41. The molecule has 2 aromatic rings. The van der Waals surface area contributed by atoms with Crippen molar-refractivity contribution in [2.75, 3.05) is 0 Å². The standard InChI is InChI=1S/C32H47N3O4/c1-11-23(4)26(34-30(38)39-32(8,9)10)29(37)35(31(5,6)7)27(25-18-21(2)17-22(3)19-25)28(36)33-20-24-15-13-12-14-16-24/h12-19,23,26-27H,11,20H2,1-10H3,(H,33,36)(H,34,38). The molecule has 0 radical (unpaired) electrons. The summed E-state index contributed by atoms with van der Waals surface area (Å²) in [5, 5.41) is 5.87. The average molecular weight is 538 g/mol. The van der Waals surface area contributed by atoms with Gasteiger partial charge in [-0.3, -0.25) is 9.59 Å². The van der Waals surface area contributed by atoms with Crippen LogP contribution >= 0.6 is 0 Å². The fraction of sp³-hybridized carbons (Fsp3) is 0.531. The summed E-state index contributed by atoms with van der Waals surface area (Å²) in [6.45, 7) is 19.2. The first-order valence-corrected chi connectivity index (χ1v) is 13.8. The molecule has 214 valence electrons. The number of aryl methyl sites for hydroxylation is 2. The Kier molecular flexibility index (Phi) is 10.7. The minimum Gasteiger partial charge on any atom is -0.444 e. The fourth-order valence-electron chi connectivity index (χ4n) is 4.58. The lowest BCUT2D eigenvalue weighted by molar-refractivity contribution is -0.149. The Morgan fingerprint density at radius 3 is 1.97 bits per heavy atom. The number of alkyl carbamates (subject to hydrolysis) is 1. The van der Waals surface area contributed by atoms with Gasteiger partial charge < -0.3 is 20.3 Å². The maximum absolute atomic E-state index is 14.4. The number of rotatable bonds is 9. The first-order chi connectivity index (χ1) is 18.0. The smallest absolute Gasteiger partial charge is 0.408 e. The highest BCUT2D eigenvalue weighted by Gasteiger charge is 2.43. The first-order valence-electron chi connectivity index (χ1n) is 13.8. The van der Waals surface area contributed by atoms with Gasteiger partial charge in [0.05, 0.1) is 0 Å². The van der Waals surface area contributed by atoms with Gasteiger partial charge in [-0.2, -0.15) is 0 Å². The molecule has 7 heteroatoms. The van der Waals surface area contributed by atoms with Crippen molar-refractivity contribution >= 4 is 17.9 Å². The quantitative estimate of drug-likeness (QED) is 0.397. The average Bonchev–Trinajstić information content (AvgIpc) is 2.81. The van der Waals surface area contributed by atoms with Gasteiger partial charge in [0.1, 0.15) is 17.7 Å². The molecule has 0 bridgehead atoms. The Bertz CT molecular complexity index is 1110. The van der Waals surface area contributed by atoms with E-state index in [9.17, 15) is 14.4 Å². The summed E-state index contributed by atoms with van der Waals surface area (Å²) in [7, 11) is 0. The number of nitrogens with one attached hydrogen (secondary N) is 2. The zero-order chi connectivity index (χ0) is 29.5. The second-order valence-corrected chi connectivity index (χ2v) is 12.4. The topological polar surface area (TPSA) is 87.7 Å². The minimum atomic E-state index is -0.910. The Morgan fingerprint density at radius 1 is 0.923 bits per heavy atom. The Morgan fingerprint density at radius 2 is 1.49 bits per heavy atom. The second-order valence-electron chi connectivity index (χ2n) is 12.4. The molecule has 2 aromatic carbocycles. The van der Waals surface area contributed by atoms with Crippen LogP contribution in [0, 0.1) is 19.8 Å². The lowest BCUT2D eigenvalue weighted by Gasteiger charge is -2.44. The largest absolute Gasteiger partial charge is 0.444 e. The molecule has 0 heterocycles. The molecule has 39 heavy (non-hydrogen) atoms. The molecule has 0 fully saturated rings. The van der Waals surface area contributed by atoms with Crippen LogP contribution in [0.25, 0.3) is 0 Å². The molecule has 3 unspecified atom stereocenters. The number of amides is 3. The van der Waals surface area contributed by atoms with Crippen molar-refractivity contribution in [2.24, 2.45) is 5.92 Å². The van der Waals surface area contributed by atoms with Crippen LogP contribution in [0.1, 0.15) is 90.1 Å². The number of benzene rings is 2. The zero-order valence-electron chi connectivity index (χ0n) is 25.3. The van der Waals surface area contributed by atoms with Crippen molar-refractivity contribution in [3.05, 3.63) is 70.8 Å². The number of ether oxygens (including phenoxy) is 1. The van der Waals surface area contributed by atoms with Crippen molar-refractivity contribution in [3.63, 3.8) is 0 Å². The summed E-state index contributed by atoms with van der Waals surface area (Å²) in [5.41, 5.74) is 2.22. The molecular formula is C32H47N3O4. The molecule has 3 amide bonds. The summed E-state index contributed by atoms with van der Waals surface area (Å²) in [6.07, 6.45) is -0.00926. The van der Waals surface area contributed by atoms with Gasteiger partial charge in [0.15, 0.2) is 0 Å². The number of nitrogens with zero attached hydrogens (tertiary/aromatic N) is 1. The summed E-state index contributed by atoms with van der Waals surface area (Å²) in [6, 6.07) is 13.8. The lowest BCUT2D eigenvalue weighted by atomic mass is 9.90. The first kappa shape index (κ1) is 31.9. The lowest BCUT2D eigenvalue weighted by Crippen LogP contribution is -2.60. The van der Waals surface area contributed by atoms with E-state index in [-0.39, 0.29) is 17.7 Å². The van der Waals surface area contributed by atoms with Gasteiger partial charge >= 0.3 is 6.09 Å². The maximum atomic E-state index is 14.4. The van der Waals surface area contributed by atoms with Gasteiger partial charge in [-0.15, -0.1) is 0 Å². The van der Waals surface area contributed by atoms with E-state index < -0.39 is 29.3 Å². The molecule has 0 aliphatic carbocycles. The van der Waals surface area contributed by atoms with Crippen LogP contribution in [-0.2, 0) is 20.9 Å². The molecule has 0 saturated heterocycles. The number of hydrogen-bond donors (Lipinski definition) is 2. The van der Waals surface area contributed by atoms with Crippen molar-refractivity contribution in [1.29, 1.82) is 0 Å². The molecular weight excluding hydrogens is 490 g/mol. The predicted octanol–water partition coefficient (Wildman–Crippen LogP) is 6.23. The van der Waals surface area contributed by atoms with Gasteiger partial charge in [0.25, 0.3) is 0 Å². The van der Waals surface area contributed by atoms with E-state index in [2.05, 4.69) is 10.6 Å². The van der Waals surface area contributed by atoms with E-state index in [0.717, 1.165) is 22.3 Å². The SMILES string of the molecule is CCC(C)C(NC(=O)OC(C)(C)C)C(=O)N(C(C(=O)NCc1ccccc1)c1cc(C)cc(C)c1)C(C)(C)C. The third-order valence-electron chi connectivity index (χ3n) is 6.49. The Labute approximate surface area is 234 Å². The van der Waals surface area contributed by atoms with Crippen LogP contribution in [0.5, 0.6) is 0 Å². The van der Waals surface area contributed by atoms with Crippen LogP contribution in [-0.4, -0.2) is 40.0 Å². The zero-order valence-corrected chi connectivity index (χ0v) is 25.3. The maximum Gasteiger partial charge on any atom is 0.408 e. The van der Waals surface area contributed by atoms with Gasteiger partial charge in [-0.25, -0.2) is 4.79 Å². The molecule has 0 saturated carbocycles. The van der Waals surface area contributed by atoms with Crippen LogP contribution in [0.4, 0.5) is 4.79 Å². The Balaban J connectivity index is 2.58. The highest BCUT2D eigenvalue weighted by Crippen LogP contribution is 2.32. The monoisotopic (exact) mass is 537 g/mol. The van der Waals surface area contributed by atoms with Crippen LogP contribution < -0.4 is 10.6 Å². The summed E-state index contributed by atoms with van der Waals surface area (Å²) in [5.74, 6) is -0.809. The third-order valence-corrected chi connectivity index (χ3v) is 6.49. The van der Waals surface area contributed by atoms with E-state index in [0.29, 0.717) is 13.0 Å². The molecule has 2 rings (SSSR count).